The van der Waals surface area contributed by atoms with Gasteiger partial charge in [-0.2, -0.15) is 0 Å². The Labute approximate surface area is 101 Å². The van der Waals surface area contributed by atoms with Gasteiger partial charge in [0.05, 0.1) is 6.00 Å². The van der Waals surface area contributed by atoms with Crippen LogP contribution in [0.5, 0.6) is 0 Å². The van der Waals surface area contributed by atoms with Crippen molar-refractivity contribution in [2.24, 2.45) is 0 Å². The van der Waals surface area contributed by atoms with Crippen molar-refractivity contribution in [2.75, 3.05) is 10.9 Å². The number of hydrogen-bond donors (Lipinski definition) is 0. The molecule has 2 heteroatoms. The summed E-state index contributed by atoms with van der Waals surface area (Å²) in [4.78, 5) is 2.07. The molecule has 0 bridgehead atoms. The first-order valence-electron chi connectivity index (χ1n) is 5.26. The zero-order valence-electron chi connectivity index (χ0n) is 9.23. The van der Waals surface area contributed by atoms with Crippen molar-refractivity contribution in [3.05, 3.63) is 60.2 Å². The van der Waals surface area contributed by atoms with E-state index in [0.717, 1.165) is 11.4 Å². The Bertz CT molecular complexity index is 436. The molecule has 0 aromatic heterocycles. The molecule has 0 aliphatic heterocycles. The van der Waals surface area contributed by atoms with E-state index in [2.05, 4.69) is 48.2 Å². The number of benzene rings is 2. The first-order valence-corrected chi connectivity index (χ1v) is 5.80. The average Bonchev–Trinajstić information content (AvgIpc) is 2.34. The topological polar surface area (TPSA) is 3.24 Å². The van der Waals surface area contributed by atoms with Crippen molar-refractivity contribution in [1.29, 1.82) is 0 Å². The molecule has 0 N–H and O–H groups in total. The number of alkyl halides is 1. The third kappa shape index (κ3) is 2.37. The Balaban J connectivity index is 2.33. The molecule has 1 nitrogen and oxygen atoms in total. The summed E-state index contributed by atoms with van der Waals surface area (Å²) in [6.45, 7) is 2.08. The van der Waals surface area contributed by atoms with Gasteiger partial charge in [-0.3, -0.25) is 0 Å². The second kappa shape index (κ2) is 5.04. The summed E-state index contributed by atoms with van der Waals surface area (Å²) in [6.07, 6.45) is 0. The molecule has 0 amide bonds. The third-order valence-electron chi connectivity index (χ3n) is 2.53. The minimum absolute atomic E-state index is 0.451. The lowest BCUT2D eigenvalue weighted by atomic mass is 10.2. The summed E-state index contributed by atoms with van der Waals surface area (Å²) in [6, 6.07) is 19.0. The fourth-order valence-electron chi connectivity index (χ4n) is 1.62. The van der Waals surface area contributed by atoms with Gasteiger partial charge in [-0.25, -0.2) is 0 Å². The van der Waals surface area contributed by atoms with E-state index >= 15 is 0 Å². The summed E-state index contributed by atoms with van der Waals surface area (Å²) in [7, 11) is 0. The van der Waals surface area contributed by atoms with Gasteiger partial charge in [0.2, 0.25) is 0 Å². The third-order valence-corrected chi connectivity index (χ3v) is 2.77. The Hall–Kier alpha value is -1.47. The van der Waals surface area contributed by atoms with Crippen LogP contribution in [0.25, 0.3) is 0 Å². The molecule has 0 aliphatic rings. The van der Waals surface area contributed by atoms with Crippen LogP contribution in [0.3, 0.4) is 0 Å². The van der Waals surface area contributed by atoms with Crippen molar-refractivity contribution in [3.63, 3.8) is 0 Å². The van der Waals surface area contributed by atoms with Gasteiger partial charge in [-0.1, -0.05) is 35.9 Å². The molecule has 2 rings (SSSR count). The van der Waals surface area contributed by atoms with Crippen LogP contribution in [0.4, 0.5) is 11.4 Å². The second-order valence-electron chi connectivity index (χ2n) is 3.72. The van der Waals surface area contributed by atoms with E-state index in [1.807, 2.05) is 18.2 Å². The largest absolute Gasteiger partial charge is 0.327 e. The lowest BCUT2D eigenvalue weighted by Crippen LogP contribution is -2.14. The highest BCUT2D eigenvalue weighted by molar-refractivity contribution is 6.19. The molecule has 0 saturated carbocycles. The molecule has 0 fully saturated rings. The van der Waals surface area contributed by atoms with E-state index in [-0.39, 0.29) is 0 Å². The van der Waals surface area contributed by atoms with Gasteiger partial charge in [-0.05, 0) is 31.2 Å². The van der Waals surface area contributed by atoms with Crippen molar-refractivity contribution in [1.82, 2.24) is 0 Å². The maximum Gasteiger partial charge on any atom is 0.0977 e. The van der Waals surface area contributed by atoms with E-state index < -0.39 is 0 Å². The SMILES string of the molecule is Cc1ccc(N(CCl)c2ccccc2)cc1. The number of halogens is 1. The molecule has 2 aromatic rings. The summed E-state index contributed by atoms with van der Waals surface area (Å²) in [5.41, 5.74) is 3.49. The molecular weight excluding hydrogens is 218 g/mol. The standard InChI is InChI=1S/C14H14ClN/c1-12-7-9-14(10-8-12)16(11-15)13-5-3-2-4-6-13/h2-10H,11H2,1H3. The summed E-state index contributed by atoms with van der Waals surface area (Å²) in [5.74, 6) is 0. The van der Waals surface area contributed by atoms with Gasteiger partial charge in [-0.15, -0.1) is 11.6 Å². The minimum atomic E-state index is 0.451. The van der Waals surface area contributed by atoms with E-state index in [1.165, 1.54) is 5.56 Å². The Morgan fingerprint density at radius 3 is 2.00 bits per heavy atom. The van der Waals surface area contributed by atoms with Crippen LogP contribution in [0, 0.1) is 6.92 Å². The average molecular weight is 232 g/mol. The minimum Gasteiger partial charge on any atom is -0.327 e. The molecule has 82 valence electrons. The molecule has 0 spiro atoms. The van der Waals surface area contributed by atoms with Crippen LogP contribution in [0.2, 0.25) is 0 Å². The molecule has 0 heterocycles. The maximum absolute atomic E-state index is 6.00. The Kier molecular flexibility index (Phi) is 3.47. The molecule has 0 aliphatic carbocycles. The lowest BCUT2D eigenvalue weighted by Gasteiger charge is -2.22. The first-order chi connectivity index (χ1) is 7.81. The van der Waals surface area contributed by atoms with Crippen molar-refractivity contribution in [3.8, 4) is 0 Å². The number of para-hydroxylation sites is 1. The monoisotopic (exact) mass is 231 g/mol. The van der Waals surface area contributed by atoms with Gasteiger partial charge in [0.15, 0.2) is 0 Å². The number of nitrogens with zero attached hydrogens (tertiary/aromatic N) is 1. The summed E-state index contributed by atoms with van der Waals surface area (Å²) < 4.78 is 0. The molecule has 0 radical (unpaired) electrons. The van der Waals surface area contributed by atoms with Crippen molar-refractivity contribution >= 4 is 23.0 Å². The highest BCUT2D eigenvalue weighted by Gasteiger charge is 2.06. The van der Waals surface area contributed by atoms with Crippen LogP contribution < -0.4 is 4.90 Å². The molecule has 0 atom stereocenters. The van der Waals surface area contributed by atoms with Gasteiger partial charge in [0.1, 0.15) is 0 Å². The molecule has 16 heavy (non-hydrogen) atoms. The van der Waals surface area contributed by atoms with Gasteiger partial charge in [0.25, 0.3) is 0 Å². The fraction of sp³-hybridized carbons (Fsp3) is 0.143. The van der Waals surface area contributed by atoms with Crippen molar-refractivity contribution < 1.29 is 0 Å². The van der Waals surface area contributed by atoms with E-state index in [4.69, 9.17) is 11.6 Å². The Morgan fingerprint density at radius 1 is 0.875 bits per heavy atom. The summed E-state index contributed by atoms with van der Waals surface area (Å²) in [5, 5.41) is 0. The van der Waals surface area contributed by atoms with Gasteiger partial charge < -0.3 is 4.90 Å². The van der Waals surface area contributed by atoms with E-state index in [1.54, 1.807) is 0 Å². The maximum atomic E-state index is 6.00. The first kappa shape index (κ1) is 11.0. The van der Waals surface area contributed by atoms with Gasteiger partial charge >= 0.3 is 0 Å². The predicted octanol–water partition coefficient (Wildman–Crippen LogP) is 4.33. The van der Waals surface area contributed by atoms with Crippen LogP contribution in [0.15, 0.2) is 54.6 Å². The number of rotatable bonds is 3. The second-order valence-corrected chi connectivity index (χ2v) is 3.96. The van der Waals surface area contributed by atoms with E-state index in [9.17, 15) is 0 Å². The fourth-order valence-corrected chi connectivity index (χ4v) is 1.90. The van der Waals surface area contributed by atoms with Crippen LogP contribution >= 0.6 is 11.6 Å². The smallest absolute Gasteiger partial charge is 0.0977 e. The van der Waals surface area contributed by atoms with Gasteiger partial charge in [0, 0.05) is 11.4 Å². The highest BCUT2D eigenvalue weighted by Crippen LogP contribution is 2.25. The van der Waals surface area contributed by atoms with Crippen molar-refractivity contribution in [2.45, 2.75) is 6.92 Å². The summed E-state index contributed by atoms with van der Waals surface area (Å²) >= 11 is 6.00. The number of aryl methyl sites for hydroxylation is 1. The zero-order valence-corrected chi connectivity index (χ0v) is 9.98. The molecule has 2 aromatic carbocycles. The van der Waals surface area contributed by atoms with Crippen LogP contribution in [-0.2, 0) is 0 Å². The van der Waals surface area contributed by atoms with Crippen LogP contribution in [0.1, 0.15) is 5.56 Å². The lowest BCUT2D eigenvalue weighted by molar-refractivity contribution is 1.16. The normalized spacial score (nSPS) is 10.1. The predicted molar refractivity (Wildman–Crippen MR) is 70.5 cm³/mol. The number of hydrogen-bond acceptors (Lipinski definition) is 1. The molecule has 0 unspecified atom stereocenters. The Morgan fingerprint density at radius 2 is 1.44 bits per heavy atom. The highest BCUT2D eigenvalue weighted by atomic mass is 35.5. The molecular formula is C14H14ClN. The molecule has 0 saturated heterocycles. The van der Waals surface area contributed by atoms with Crippen LogP contribution in [-0.4, -0.2) is 6.00 Å². The zero-order chi connectivity index (χ0) is 11.4. The quantitative estimate of drug-likeness (QED) is 0.562. The number of anilines is 2. The van der Waals surface area contributed by atoms with E-state index in [0.29, 0.717) is 6.00 Å².